The van der Waals surface area contributed by atoms with Gasteiger partial charge >= 0.3 is 0 Å². The largest absolute Gasteiger partial charge is 0.382 e. The van der Waals surface area contributed by atoms with E-state index in [9.17, 15) is 4.79 Å². The Labute approximate surface area is 217 Å². The summed E-state index contributed by atoms with van der Waals surface area (Å²) in [5.74, 6) is 0.186. The molecule has 3 N–H and O–H groups in total. The molecule has 2 aliphatic rings. The van der Waals surface area contributed by atoms with Gasteiger partial charge in [-0.25, -0.2) is 4.98 Å². The van der Waals surface area contributed by atoms with Gasteiger partial charge in [0.05, 0.1) is 0 Å². The summed E-state index contributed by atoms with van der Waals surface area (Å²) in [5, 5.41) is 3.94. The van der Waals surface area contributed by atoms with Gasteiger partial charge in [0, 0.05) is 67.9 Å². The van der Waals surface area contributed by atoms with Gasteiger partial charge in [0.25, 0.3) is 0 Å². The number of piperidine rings is 1. The maximum Gasteiger partial charge on any atom is 0.206 e. The van der Waals surface area contributed by atoms with Crippen LogP contribution in [-0.2, 0) is 0 Å². The van der Waals surface area contributed by atoms with Crippen LogP contribution in [0.4, 0.5) is 28.0 Å². The van der Waals surface area contributed by atoms with Crippen molar-refractivity contribution in [2.24, 2.45) is 0 Å². The highest BCUT2D eigenvalue weighted by atomic mass is 32.1. The molecule has 0 bridgehead atoms. The molecule has 1 aromatic heterocycles. The third-order valence-electron chi connectivity index (χ3n) is 7.24. The van der Waals surface area contributed by atoms with Crippen LogP contribution in [0.1, 0.15) is 48.3 Å². The van der Waals surface area contributed by atoms with Crippen LogP contribution in [-0.4, -0.2) is 61.0 Å². The van der Waals surface area contributed by atoms with Crippen LogP contribution in [0.3, 0.4) is 0 Å². The van der Waals surface area contributed by atoms with Gasteiger partial charge in [-0.2, -0.15) is 0 Å². The Morgan fingerprint density at radius 2 is 1.44 bits per heavy atom. The first-order valence-corrected chi connectivity index (χ1v) is 13.8. The summed E-state index contributed by atoms with van der Waals surface area (Å²) in [7, 11) is 0. The second-order valence-corrected chi connectivity index (χ2v) is 10.9. The molecule has 190 valence electrons. The maximum atomic E-state index is 13.1. The van der Waals surface area contributed by atoms with Crippen molar-refractivity contribution in [1.82, 2.24) is 9.88 Å². The fourth-order valence-corrected chi connectivity index (χ4v) is 5.90. The van der Waals surface area contributed by atoms with Crippen molar-refractivity contribution >= 4 is 45.1 Å². The first kappa shape index (κ1) is 24.6. The Morgan fingerprint density at radius 1 is 0.861 bits per heavy atom. The lowest BCUT2D eigenvalue weighted by Gasteiger charge is -2.38. The molecule has 0 unspecified atom stereocenters. The van der Waals surface area contributed by atoms with E-state index >= 15 is 0 Å². The first-order chi connectivity index (χ1) is 17.5. The van der Waals surface area contributed by atoms with Gasteiger partial charge in [0.2, 0.25) is 5.78 Å². The highest BCUT2D eigenvalue weighted by molar-refractivity contribution is 7.18. The summed E-state index contributed by atoms with van der Waals surface area (Å²) in [6.07, 6.45) is 3.76. The molecule has 0 atom stereocenters. The lowest BCUT2D eigenvalue weighted by molar-refractivity contribution is 0.104. The average Bonchev–Trinajstić information content (AvgIpc) is 3.29. The zero-order valence-corrected chi connectivity index (χ0v) is 22.1. The average molecular weight is 505 g/mol. The summed E-state index contributed by atoms with van der Waals surface area (Å²) in [4.78, 5) is 25.4. The number of aromatic nitrogens is 1. The maximum absolute atomic E-state index is 13.1. The van der Waals surface area contributed by atoms with Gasteiger partial charge in [0.1, 0.15) is 10.7 Å². The minimum atomic E-state index is -0.0841. The number of rotatable bonds is 7. The molecule has 3 aromatic rings. The predicted octanol–water partition coefficient (Wildman–Crippen LogP) is 5.22. The highest BCUT2D eigenvalue weighted by Gasteiger charge is 2.20. The third kappa shape index (κ3) is 5.50. The van der Waals surface area contributed by atoms with Gasteiger partial charge < -0.3 is 20.9 Å². The van der Waals surface area contributed by atoms with Crippen LogP contribution in [0.2, 0.25) is 0 Å². The monoisotopic (exact) mass is 504 g/mol. The summed E-state index contributed by atoms with van der Waals surface area (Å²) in [6.45, 7) is 10.9. The fourth-order valence-electron chi connectivity index (χ4n) is 5.03. The minimum absolute atomic E-state index is 0.0841. The molecule has 2 aliphatic heterocycles. The molecule has 0 amide bonds. The Bertz CT molecular complexity index is 1160. The topological polar surface area (TPSA) is 77.7 Å². The van der Waals surface area contributed by atoms with Crippen LogP contribution in [0.15, 0.2) is 48.5 Å². The molecule has 0 saturated carbocycles. The summed E-state index contributed by atoms with van der Waals surface area (Å²) < 4.78 is 0. The van der Waals surface area contributed by atoms with E-state index in [4.69, 9.17) is 5.73 Å². The summed E-state index contributed by atoms with van der Waals surface area (Å²) in [6, 6.07) is 16.9. The number of nitrogens with zero attached hydrogens (tertiary/aromatic N) is 4. The smallest absolute Gasteiger partial charge is 0.206 e. The van der Waals surface area contributed by atoms with Crippen molar-refractivity contribution in [3.8, 4) is 0 Å². The number of benzene rings is 2. The number of carbonyl (C=O) groups excluding carboxylic acids is 1. The highest BCUT2D eigenvalue weighted by Crippen LogP contribution is 2.31. The molecule has 0 aliphatic carbocycles. The molecule has 3 heterocycles. The lowest BCUT2D eigenvalue weighted by atomic mass is 10.1. The molecular formula is C28H36N6OS. The summed E-state index contributed by atoms with van der Waals surface area (Å²) >= 11 is 1.30. The zero-order chi connectivity index (χ0) is 25.1. The quantitative estimate of drug-likeness (QED) is 0.427. The van der Waals surface area contributed by atoms with Crippen molar-refractivity contribution in [3.63, 3.8) is 0 Å². The van der Waals surface area contributed by atoms with Crippen molar-refractivity contribution in [2.45, 2.75) is 39.2 Å². The molecule has 8 heteroatoms. The molecule has 2 aromatic carbocycles. The van der Waals surface area contributed by atoms with E-state index in [-0.39, 0.29) is 11.6 Å². The van der Waals surface area contributed by atoms with E-state index in [0.717, 1.165) is 45.0 Å². The van der Waals surface area contributed by atoms with E-state index in [1.165, 1.54) is 42.0 Å². The van der Waals surface area contributed by atoms with Crippen LogP contribution in [0, 0.1) is 0 Å². The van der Waals surface area contributed by atoms with Crippen LogP contribution in [0.5, 0.6) is 0 Å². The predicted molar refractivity (Wildman–Crippen MR) is 151 cm³/mol. The van der Waals surface area contributed by atoms with E-state index in [1.807, 2.05) is 24.3 Å². The minimum Gasteiger partial charge on any atom is -0.382 e. The molecular weight excluding hydrogens is 468 g/mol. The molecule has 2 saturated heterocycles. The molecule has 2 fully saturated rings. The van der Waals surface area contributed by atoms with E-state index in [0.29, 0.717) is 21.6 Å². The number of nitrogen functional groups attached to an aromatic ring is 1. The molecule has 0 radical (unpaired) electrons. The molecule has 36 heavy (non-hydrogen) atoms. The van der Waals surface area contributed by atoms with Gasteiger partial charge in [0.15, 0.2) is 5.13 Å². The van der Waals surface area contributed by atoms with Crippen molar-refractivity contribution in [1.29, 1.82) is 0 Å². The second kappa shape index (κ2) is 10.9. The summed E-state index contributed by atoms with van der Waals surface area (Å²) in [5.41, 5.74) is 10.1. The molecule has 7 nitrogen and oxygen atoms in total. The van der Waals surface area contributed by atoms with Crippen molar-refractivity contribution in [2.75, 3.05) is 60.1 Å². The Hall–Kier alpha value is -3.10. The number of nitrogens with two attached hydrogens (primary N) is 1. The number of carbonyl (C=O) groups is 1. The lowest BCUT2D eigenvalue weighted by Crippen LogP contribution is -2.48. The number of thiazole rings is 1. The van der Waals surface area contributed by atoms with Gasteiger partial charge in [-0.3, -0.25) is 9.69 Å². The van der Waals surface area contributed by atoms with Crippen LogP contribution < -0.4 is 20.9 Å². The van der Waals surface area contributed by atoms with Crippen molar-refractivity contribution < 1.29 is 4.79 Å². The van der Waals surface area contributed by atoms with E-state index in [1.54, 1.807) is 0 Å². The van der Waals surface area contributed by atoms with Gasteiger partial charge in [-0.1, -0.05) is 11.3 Å². The standard InChI is InChI=1S/C28H36N6OS/c1-20(2)32-16-18-34(19-17-32)24-12-8-22(9-13-24)30-28-31-27(29)26(36-28)25(35)21-6-10-23(11-7-21)33-14-4-3-5-15-33/h6-13,20H,3-5,14-19,29H2,1-2H3,(H,30,31). The number of hydrogen-bond acceptors (Lipinski definition) is 8. The van der Waals surface area contributed by atoms with Gasteiger partial charge in [-0.05, 0) is 81.6 Å². The third-order valence-corrected chi connectivity index (χ3v) is 8.22. The number of piperazine rings is 1. The second-order valence-electron chi connectivity index (χ2n) is 9.95. The molecule has 5 rings (SSSR count). The zero-order valence-electron chi connectivity index (χ0n) is 21.2. The van der Waals surface area contributed by atoms with E-state index in [2.05, 4.69) is 63.1 Å². The molecule has 0 spiro atoms. The first-order valence-electron chi connectivity index (χ1n) is 13.0. The van der Waals surface area contributed by atoms with Gasteiger partial charge in [-0.15, -0.1) is 0 Å². The number of hydrogen-bond donors (Lipinski definition) is 2. The number of ketones is 1. The number of anilines is 5. The SMILES string of the molecule is CC(C)N1CCN(c2ccc(Nc3nc(N)c(C(=O)c4ccc(N5CCCCC5)cc4)s3)cc2)CC1. The van der Waals surface area contributed by atoms with E-state index < -0.39 is 0 Å². The Morgan fingerprint density at radius 3 is 2.06 bits per heavy atom. The van der Waals surface area contributed by atoms with Crippen LogP contribution >= 0.6 is 11.3 Å². The van der Waals surface area contributed by atoms with Crippen molar-refractivity contribution in [3.05, 3.63) is 59.0 Å². The Kier molecular flexibility index (Phi) is 7.43. The Balaban J connectivity index is 1.21. The normalized spacial score (nSPS) is 17.0. The van der Waals surface area contributed by atoms with Crippen LogP contribution in [0.25, 0.3) is 0 Å². The fraction of sp³-hybridized carbons (Fsp3) is 0.429. The number of nitrogens with one attached hydrogen (secondary N) is 1.